The fraction of sp³-hybridized carbons (Fsp3) is 0.438. The molecule has 19 heteroatoms. The molecular weight excluding hydrogens is 729 g/mol. The van der Waals surface area contributed by atoms with Crippen LogP contribution < -0.4 is 10.6 Å². The van der Waals surface area contributed by atoms with Crippen molar-refractivity contribution >= 4 is 82.4 Å². The van der Waals surface area contributed by atoms with E-state index in [-0.39, 0.29) is 0 Å². The first-order valence-corrected chi connectivity index (χ1v) is 18.1. The lowest BCUT2D eigenvalue weighted by atomic mass is 9.94. The van der Waals surface area contributed by atoms with Gasteiger partial charge in [-0.25, -0.2) is 9.59 Å². The molecule has 1 aromatic heterocycles. The van der Waals surface area contributed by atoms with Crippen molar-refractivity contribution in [3.05, 3.63) is 58.3 Å². The minimum absolute atomic E-state index is 0.309. The second kappa shape index (κ2) is 13.8. The number of fused-ring (bicyclic) bond motifs is 2. The zero-order valence-electron chi connectivity index (χ0n) is 27.4. The van der Waals surface area contributed by atoms with Crippen LogP contribution in [0.4, 0.5) is 0 Å². The third kappa shape index (κ3) is 6.76. The van der Waals surface area contributed by atoms with Crippen LogP contribution in [-0.4, -0.2) is 122 Å². The van der Waals surface area contributed by atoms with Gasteiger partial charge in [0.15, 0.2) is 11.8 Å². The van der Waals surface area contributed by atoms with Gasteiger partial charge in [0, 0.05) is 9.49 Å². The number of hydrogen-bond acceptors (Lipinski definition) is 11. The Hall–Kier alpha value is -4.62. The van der Waals surface area contributed by atoms with Crippen LogP contribution in [0, 0.1) is 0 Å². The molecule has 5 heterocycles. The normalized spacial score (nSPS) is 27.6. The molecule has 4 amide bonds. The highest BCUT2D eigenvalue weighted by Crippen LogP contribution is 2.52. The number of carboxylic acids is 4. The predicted octanol–water partition coefficient (Wildman–Crippen LogP) is 1.03. The molecule has 4 aliphatic rings. The Morgan fingerprint density at radius 1 is 0.667 bits per heavy atom. The highest BCUT2D eigenvalue weighted by molar-refractivity contribution is 8.02. The SMILES string of the molecule is CC1(C)S[C@@H]2[C@H](NC(=O)C(C(=O)O)c3ccccc3)C(=O)N2[C@H]1C(=O)O.CC1(C)S[C@@H]2[C@H](NC(=O)[C@H](C(=O)O)c3ccsc3)C(=O)N2[C@H]1C(=O)O. The van der Waals surface area contributed by atoms with E-state index in [1.165, 1.54) is 56.8 Å². The molecule has 4 saturated heterocycles. The number of carbonyl (C=O) groups excluding carboxylic acids is 4. The molecular formula is C32H34N4O12S3. The average Bonchev–Trinajstić information content (AvgIpc) is 3.71. The Balaban J connectivity index is 0.000000198. The van der Waals surface area contributed by atoms with Gasteiger partial charge in [-0.05, 0) is 55.6 Å². The molecule has 4 fully saturated rings. The lowest BCUT2D eigenvalue weighted by molar-refractivity contribution is -0.161. The summed E-state index contributed by atoms with van der Waals surface area (Å²) in [7, 11) is 0. The number of nitrogens with zero attached hydrogens (tertiary/aromatic N) is 2. The number of nitrogens with one attached hydrogen (secondary N) is 2. The van der Waals surface area contributed by atoms with Gasteiger partial charge in [0.2, 0.25) is 23.6 Å². The zero-order chi connectivity index (χ0) is 37.7. The molecule has 8 atom stereocenters. The molecule has 51 heavy (non-hydrogen) atoms. The van der Waals surface area contributed by atoms with E-state index in [1.54, 1.807) is 62.7 Å². The summed E-state index contributed by atoms with van der Waals surface area (Å²) < 4.78 is -1.41. The number of β-lactam (4-membered cyclic amide) rings is 2. The van der Waals surface area contributed by atoms with Crippen molar-refractivity contribution in [2.24, 2.45) is 0 Å². The topological polar surface area (TPSA) is 248 Å². The van der Waals surface area contributed by atoms with E-state index >= 15 is 0 Å². The molecule has 4 aliphatic heterocycles. The maximum Gasteiger partial charge on any atom is 0.327 e. The third-order valence-electron chi connectivity index (χ3n) is 8.97. The van der Waals surface area contributed by atoms with E-state index in [2.05, 4.69) is 10.6 Å². The first-order chi connectivity index (χ1) is 23.8. The van der Waals surface area contributed by atoms with E-state index in [0.717, 1.165) is 0 Å². The number of amides is 4. The van der Waals surface area contributed by atoms with Crippen LogP contribution in [0.3, 0.4) is 0 Å². The lowest BCUT2D eigenvalue weighted by Gasteiger charge is -2.43. The second-order valence-corrected chi connectivity index (χ2v) is 17.5. The molecule has 0 radical (unpaired) electrons. The molecule has 272 valence electrons. The number of carboxylic acid groups (broad SMARTS) is 4. The second-order valence-electron chi connectivity index (χ2n) is 13.2. The minimum Gasteiger partial charge on any atom is -0.480 e. The number of rotatable bonds is 10. The number of thioether (sulfide) groups is 2. The molecule has 6 rings (SSSR count). The van der Waals surface area contributed by atoms with E-state index in [1.807, 2.05) is 0 Å². The maximum absolute atomic E-state index is 12.5. The molecule has 2 aromatic rings. The molecule has 6 N–H and O–H groups in total. The van der Waals surface area contributed by atoms with Gasteiger partial charge in [-0.1, -0.05) is 30.3 Å². The molecule has 1 unspecified atom stereocenters. The largest absolute Gasteiger partial charge is 0.480 e. The fourth-order valence-electron chi connectivity index (χ4n) is 6.66. The smallest absolute Gasteiger partial charge is 0.327 e. The highest BCUT2D eigenvalue weighted by Gasteiger charge is 2.65. The van der Waals surface area contributed by atoms with Crippen molar-refractivity contribution in [1.29, 1.82) is 0 Å². The molecule has 0 bridgehead atoms. The van der Waals surface area contributed by atoms with Crippen LogP contribution in [-0.2, 0) is 38.4 Å². The molecule has 0 saturated carbocycles. The number of benzene rings is 1. The van der Waals surface area contributed by atoms with Crippen molar-refractivity contribution in [3.63, 3.8) is 0 Å². The van der Waals surface area contributed by atoms with Gasteiger partial charge in [-0.15, -0.1) is 23.5 Å². The highest BCUT2D eigenvalue weighted by atomic mass is 32.2. The first kappa shape index (κ1) is 37.6. The summed E-state index contributed by atoms with van der Waals surface area (Å²) in [5.74, 6) is -10.2. The fourth-order valence-corrected chi connectivity index (χ4v) is 10.6. The Morgan fingerprint density at radius 3 is 1.43 bits per heavy atom. The van der Waals surface area contributed by atoms with E-state index < -0.39 is 104 Å². The van der Waals surface area contributed by atoms with Crippen LogP contribution in [0.25, 0.3) is 0 Å². The summed E-state index contributed by atoms with van der Waals surface area (Å²) in [6.07, 6.45) is 0. The summed E-state index contributed by atoms with van der Waals surface area (Å²) in [4.78, 5) is 98.1. The van der Waals surface area contributed by atoms with Crippen molar-refractivity contribution < 1.29 is 58.8 Å². The van der Waals surface area contributed by atoms with Crippen LogP contribution in [0.1, 0.15) is 50.7 Å². The average molecular weight is 763 g/mol. The first-order valence-electron chi connectivity index (χ1n) is 15.4. The zero-order valence-corrected chi connectivity index (χ0v) is 29.9. The van der Waals surface area contributed by atoms with Crippen molar-refractivity contribution in [1.82, 2.24) is 20.4 Å². The van der Waals surface area contributed by atoms with Gasteiger partial charge < -0.3 is 40.9 Å². The van der Waals surface area contributed by atoms with Gasteiger partial charge in [0.05, 0.1) is 0 Å². The standard InChI is InChI=1S/C17H18N2O6S.C15H16N2O6S2/c1-17(2)11(16(24)25)19-13(21)10(14(19)26-17)18-12(20)9(15(22)23)8-6-4-3-5-7-8;1-15(2)9(14(22)23)17-11(19)8(12(17)25-15)16-10(18)7(13(20)21)6-3-4-24-5-6/h3-7,9-11,14H,1-2H3,(H,18,20)(H,22,23)(H,24,25);3-5,7-9,12H,1-2H3,(H,16,18)(H,20,21)(H,22,23)/t9?,10-,11+,14-;7-,8-,9+,12-/m11/s1. The number of carbonyl (C=O) groups is 8. The van der Waals surface area contributed by atoms with Crippen molar-refractivity contribution in [3.8, 4) is 0 Å². The Labute approximate surface area is 302 Å². The van der Waals surface area contributed by atoms with E-state index in [4.69, 9.17) is 0 Å². The summed E-state index contributed by atoms with van der Waals surface area (Å²) >= 11 is 3.85. The van der Waals surface area contributed by atoms with Gasteiger partial charge >= 0.3 is 23.9 Å². The lowest BCUT2D eigenvalue weighted by Crippen LogP contribution is -2.71. The summed E-state index contributed by atoms with van der Waals surface area (Å²) in [6, 6.07) is 5.76. The Kier molecular flexibility index (Phi) is 10.2. The van der Waals surface area contributed by atoms with Gasteiger partial charge in [0.1, 0.15) is 34.9 Å². The van der Waals surface area contributed by atoms with Crippen molar-refractivity contribution in [2.75, 3.05) is 0 Å². The summed E-state index contributed by atoms with van der Waals surface area (Å²) in [5.41, 5.74) is 0.658. The maximum atomic E-state index is 12.5. The minimum atomic E-state index is -1.44. The molecule has 16 nitrogen and oxygen atoms in total. The van der Waals surface area contributed by atoms with Crippen LogP contribution in [0.2, 0.25) is 0 Å². The van der Waals surface area contributed by atoms with Crippen molar-refractivity contribution in [2.45, 2.75) is 83.9 Å². The van der Waals surface area contributed by atoms with Gasteiger partial charge in [0.25, 0.3) is 0 Å². The molecule has 0 spiro atoms. The van der Waals surface area contributed by atoms with Crippen LogP contribution in [0.5, 0.6) is 0 Å². The molecule has 1 aromatic carbocycles. The predicted molar refractivity (Wildman–Crippen MR) is 183 cm³/mol. The third-order valence-corrected chi connectivity index (χ3v) is 12.8. The Morgan fingerprint density at radius 2 is 1.08 bits per heavy atom. The van der Waals surface area contributed by atoms with E-state index in [0.29, 0.717) is 11.1 Å². The number of aliphatic carboxylic acids is 4. The van der Waals surface area contributed by atoms with Gasteiger partial charge in [-0.3, -0.25) is 28.8 Å². The number of thiophene rings is 1. The van der Waals surface area contributed by atoms with Gasteiger partial charge in [-0.2, -0.15) is 11.3 Å². The quantitative estimate of drug-likeness (QED) is 0.146. The Bertz CT molecular complexity index is 1790. The molecule has 0 aliphatic carbocycles. The monoisotopic (exact) mass is 762 g/mol. The number of hydrogen-bond donors (Lipinski definition) is 6. The summed E-state index contributed by atoms with van der Waals surface area (Å²) in [5, 5.41) is 44.7. The van der Waals surface area contributed by atoms with E-state index in [9.17, 15) is 58.8 Å². The van der Waals surface area contributed by atoms with Crippen LogP contribution >= 0.6 is 34.9 Å². The van der Waals surface area contributed by atoms with Crippen LogP contribution in [0.15, 0.2) is 47.2 Å². The summed E-state index contributed by atoms with van der Waals surface area (Å²) in [6.45, 7) is 6.91.